The minimum Gasteiger partial charge on any atom is -0.468 e. The number of esters is 1. The number of methoxy groups -OCH3 is 1. The van der Waals surface area contributed by atoms with Crippen molar-refractivity contribution >= 4 is 57.5 Å². The zero-order valence-corrected chi connectivity index (χ0v) is 18.7. The molecule has 1 fully saturated rings. The fourth-order valence-electron chi connectivity index (χ4n) is 4.21. The number of aryl methyl sites for hydroxylation is 1. The first kappa shape index (κ1) is 20.8. The van der Waals surface area contributed by atoms with Crippen LogP contribution in [0.15, 0.2) is 47.5 Å². The van der Waals surface area contributed by atoms with Crippen LogP contribution in [0.2, 0.25) is 5.02 Å². The topological polar surface area (TPSA) is 81.5 Å². The molecule has 2 aliphatic rings. The molecule has 0 radical (unpaired) electrons. The van der Waals surface area contributed by atoms with E-state index in [1.807, 2.05) is 41.2 Å². The van der Waals surface area contributed by atoms with Crippen LogP contribution in [0.25, 0.3) is 17.0 Å². The first-order chi connectivity index (χ1) is 15.4. The summed E-state index contributed by atoms with van der Waals surface area (Å²) < 4.78 is 6.58. The van der Waals surface area contributed by atoms with Crippen LogP contribution >= 0.6 is 23.4 Å². The minimum absolute atomic E-state index is 0.153. The van der Waals surface area contributed by atoms with Gasteiger partial charge in [0.15, 0.2) is 0 Å². The largest absolute Gasteiger partial charge is 0.468 e. The highest BCUT2D eigenvalue weighted by atomic mass is 35.5. The van der Waals surface area contributed by atoms with E-state index in [1.165, 1.54) is 18.2 Å². The molecule has 1 atom stereocenters. The SMILES string of the molecule is COC(=O)CN1C(=O)SC(=Cc2ccc3c(cnn3[C@@H]3CCc4cc(Cl)ccc43)c2)C1=O. The smallest absolute Gasteiger partial charge is 0.325 e. The Labute approximate surface area is 193 Å². The summed E-state index contributed by atoms with van der Waals surface area (Å²) >= 11 is 6.95. The molecule has 1 aromatic heterocycles. The number of ether oxygens (including phenoxy) is 1. The number of rotatable bonds is 4. The molecule has 2 amide bonds. The third-order valence-corrected chi connectivity index (χ3v) is 6.89. The Morgan fingerprint density at radius 1 is 1.28 bits per heavy atom. The van der Waals surface area contributed by atoms with Crippen molar-refractivity contribution in [2.75, 3.05) is 13.7 Å². The van der Waals surface area contributed by atoms with E-state index < -0.39 is 23.7 Å². The number of carbonyl (C=O) groups excluding carboxylic acids is 3. The number of imide groups is 1. The van der Waals surface area contributed by atoms with Gasteiger partial charge < -0.3 is 4.74 Å². The van der Waals surface area contributed by atoms with E-state index >= 15 is 0 Å². The summed E-state index contributed by atoms with van der Waals surface area (Å²) in [6.07, 6.45) is 5.39. The van der Waals surface area contributed by atoms with Gasteiger partial charge in [-0.15, -0.1) is 0 Å². The first-order valence-electron chi connectivity index (χ1n) is 10.0. The molecule has 2 heterocycles. The molecular formula is C23H18ClN3O4S. The van der Waals surface area contributed by atoms with Gasteiger partial charge in [-0.25, -0.2) is 0 Å². The second-order valence-corrected chi connectivity index (χ2v) is 9.08. The molecule has 7 nitrogen and oxygen atoms in total. The van der Waals surface area contributed by atoms with Crippen molar-refractivity contribution < 1.29 is 19.1 Å². The number of hydrogen-bond acceptors (Lipinski definition) is 6. The van der Waals surface area contributed by atoms with Crippen LogP contribution in [0.5, 0.6) is 0 Å². The van der Waals surface area contributed by atoms with Gasteiger partial charge in [-0.1, -0.05) is 23.7 Å². The van der Waals surface area contributed by atoms with Gasteiger partial charge in [-0.05, 0) is 71.6 Å². The average molecular weight is 468 g/mol. The molecule has 0 spiro atoms. The van der Waals surface area contributed by atoms with Crippen LogP contribution in [0, 0.1) is 0 Å². The van der Waals surface area contributed by atoms with Crippen molar-refractivity contribution in [2.24, 2.45) is 0 Å². The molecule has 9 heteroatoms. The summed E-state index contributed by atoms with van der Waals surface area (Å²) in [5, 5.41) is 5.83. The van der Waals surface area contributed by atoms with E-state index in [1.54, 1.807) is 6.08 Å². The lowest BCUT2D eigenvalue weighted by molar-refractivity contribution is -0.143. The normalized spacial score (nSPS) is 19.2. The number of halogens is 1. The number of nitrogens with zero attached hydrogens (tertiary/aromatic N) is 3. The molecule has 0 saturated carbocycles. The van der Waals surface area contributed by atoms with Crippen LogP contribution < -0.4 is 0 Å². The Morgan fingerprint density at radius 2 is 2.12 bits per heavy atom. The molecule has 0 N–H and O–H groups in total. The van der Waals surface area contributed by atoms with E-state index in [0.29, 0.717) is 0 Å². The third-order valence-electron chi connectivity index (χ3n) is 5.75. The maximum atomic E-state index is 12.5. The van der Waals surface area contributed by atoms with Gasteiger partial charge >= 0.3 is 5.97 Å². The van der Waals surface area contributed by atoms with Crippen molar-refractivity contribution in [3.8, 4) is 0 Å². The molecule has 3 aromatic rings. The van der Waals surface area contributed by atoms with Crippen molar-refractivity contribution in [1.82, 2.24) is 14.7 Å². The van der Waals surface area contributed by atoms with E-state index in [4.69, 9.17) is 11.6 Å². The number of thioether (sulfide) groups is 1. The fourth-order valence-corrected chi connectivity index (χ4v) is 5.24. The number of hydrogen-bond donors (Lipinski definition) is 0. The first-order valence-corrected chi connectivity index (χ1v) is 11.2. The minimum atomic E-state index is -0.641. The summed E-state index contributed by atoms with van der Waals surface area (Å²) in [4.78, 5) is 37.3. The van der Waals surface area contributed by atoms with Gasteiger partial charge in [0.2, 0.25) is 0 Å². The molecule has 162 valence electrons. The molecule has 32 heavy (non-hydrogen) atoms. The lowest BCUT2D eigenvalue weighted by atomic mass is 10.1. The summed E-state index contributed by atoms with van der Waals surface area (Å²) in [5.41, 5.74) is 4.26. The monoisotopic (exact) mass is 467 g/mol. The van der Waals surface area contributed by atoms with Gasteiger partial charge in [0.25, 0.3) is 11.1 Å². The Hall–Kier alpha value is -3.10. The predicted octanol–water partition coefficient (Wildman–Crippen LogP) is 4.43. The van der Waals surface area contributed by atoms with E-state index in [-0.39, 0.29) is 10.9 Å². The maximum absolute atomic E-state index is 12.5. The van der Waals surface area contributed by atoms with Gasteiger partial charge in [0.1, 0.15) is 6.54 Å². The number of carbonyl (C=O) groups is 3. The summed E-state index contributed by atoms with van der Waals surface area (Å²) in [5.74, 6) is -1.14. The van der Waals surface area contributed by atoms with Crippen LogP contribution in [0.3, 0.4) is 0 Å². The van der Waals surface area contributed by atoms with E-state index in [2.05, 4.69) is 15.9 Å². The quantitative estimate of drug-likeness (QED) is 0.417. The Kier molecular flexibility index (Phi) is 5.27. The highest BCUT2D eigenvalue weighted by Gasteiger charge is 2.36. The van der Waals surface area contributed by atoms with Crippen molar-refractivity contribution in [2.45, 2.75) is 18.9 Å². The second-order valence-electron chi connectivity index (χ2n) is 7.65. The van der Waals surface area contributed by atoms with Crippen molar-refractivity contribution in [1.29, 1.82) is 0 Å². The zero-order valence-electron chi connectivity index (χ0n) is 17.1. The second kappa shape index (κ2) is 8.11. The standard InChI is InChI=1S/C23H18ClN3O4S/c1-31-21(28)12-26-22(29)20(32-23(26)30)9-13-2-6-18-15(8-13)11-25-27(18)19-7-3-14-10-16(24)4-5-17(14)19/h2,4-6,8-11,19H,3,7,12H2,1H3/t19-/m1/s1. The summed E-state index contributed by atoms with van der Waals surface area (Å²) in [7, 11) is 1.21. The average Bonchev–Trinajstić information content (AvgIpc) is 3.45. The maximum Gasteiger partial charge on any atom is 0.325 e. The summed E-state index contributed by atoms with van der Waals surface area (Å²) in [6, 6.07) is 12.0. The van der Waals surface area contributed by atoms with Crippen molar-refractivity contribution in [3.05, 3.63) is 69.2 Å². The molecule has 1 aliphatic heterocycles. The highest BCUT2D eigenvalue weighted by Crippen LogP contribution is 2.37. The van der Waals surface area contributed by atoms with Crippen molar-refractivity contribution in [3.63, 3.8) is 0 Å². The molecule has 2 aromatic carbocycles. The van der Waals surface area contributed by atoms with Crippen LogP contribution in [0.4, 0.5) is 4.79 Å². The number of amides is 2. The lowest BCUT2D eigenvalue weighted by Gasteiger charge is -2.14. The number of aromatic nitrogens is 2. The molecule has 1 aliphatic carbocycles. The predicted molar refractivity (Wildman–Crippen MR) is 122 cm³/mol. The summed E-state index contributed by atoms with van der Waals surface area (Å²) in [6.45, 7) is -0.390. The van der Waals surface area contributed by atoms with Gasteiger partial charge in [-0.3, -0.25) is 24.0 Å². The number of fused-ring (bicyclic) bond motifs is 2. The molecule has 0 unspecified atom stereocenters. The van der Waals surface area contributed by atoms with Crippen LogP contribution in [0.1, 0.15) is 29.2 Å². The molecule has 1 saturated heterocycles. The Morgan fingerprint density at radius 3 is 2.94 bits per heavy atom. The van der Waals surface area contributed by atoms with Gasteiger partial charge in [-0.2, -0.15) is 5.10 Å². The van der Waals surface area contributed by atoms with Crippen LogP contribution in [-0.2, 0) is 20.7 Å². The fraction of sp³-hybridized carbons (Fsp3) is 0.217. The molecule has 0 bridgehead atoms. The van der Waals surface area contributed by atoms with E-state index in [9.17, 15) is 14.4 Å². The molecular weight excluding hydrogens is 450 g/mol. The Balaban J connectivity index is 1.42. The molecule has 5 rings (SSSR count). The zero-order chi connectivity index (χ0) is 22.4. The van der Waals surface area contributed by atoms with Crippen LogP contribution in [-0.4, -0.2) is 45.5 Å². The van der Waals surface area contributed by atoms with Gasteiger partial charge in [0, 0.05) is 10.4 Å². The number of benzene rings is 2. The Bertz CT molecular complexity index is 1320. The van der Waals surface area contributed by atoms with E-state index in [0.717, 1.165) is 51.0 Å². The lowest BCUT2D eigenvalue weighted by Crippen LogP contribution is -2.34. The van der Waals surface area contributed by atoms with Gasteiger partial charge in [0.05, 0.1) is 29.8 Å². The third kappa shape index (κ3) is 3.59. The highest BCUT2D eigenvalue weighted by molar-refractivity contribution is 8.18.